The van der Waals surface area contributed by atoms with E-state index in [-0.39, 0.29) is 6.13 Å². The molecule has 0 aliphatic heterocycles. The molecule has 0 amide bonds. The summed E-state index contributed by atoms with van der Waals surface area (Å²) in [5.74, 6) is 0. The quantitative estimate of drug-likeness (QED) is 0.297. The van der Waals surface area contributed by atoms with Gasteiger partial charge in [-0.25, -0.2) is 0 Å². The molecule has 0 bridgehead atoms. The molecule has 0 atom stereocenters. The van der Waals surface area contributed by atoms with E-state index in [4.69, 9.17) is 0 Å². The number of hydrogen-bond donors (Lipinski definition) is 0. The molecule has 0 aromatic heterocycles. The van der Waals surface area contributed by atoms with E-state index in [0.29, 0.717) is 0 Å². The Morgan fingerprint density at radius 1 is 0.458 bits per heavy atom. The van der Waals surface area contributed by atoms with E-state index in [1.54, 1.807) is 6.08 Å². The molecule has 0 nitrogen and oxygen atoms in total. The minimum atomic E-state index is 0. The van der Waals surface area contributed by atoms with Crippen LogP contribution in [0.3, 0.4) is 0 Å². The molecule has 0 heterocycles. The Bertz CT molecular complexity index is 36.3. The molecule has 0 fully saturated rings. The zero-order valence-electron chi connectivity index (χ0n) is 21.8. The number of allylic oxidation sites excluding steroid dienone is 1. The minimum absolute atomic E-state index is 0. The highest BCUT2D eigenvalue weighted by Gasteiger charge is 1.15. The number of terminal acetylenes is 1. The predicted molar refractivity (Wildman–Crippen MR) is 133 cm³/mol. The molecule has 0 aliphatic rings. The third kappa shape index (κ3) is 14700. The number of rotatable bonds is 0. The van der Waals surface area contributed by atoms with Crippen molar-refractivity contribution in [1.29, 1.82) is 0 Å². The molecule has 0 rings (SSSR count). The fourth-order valence-electron chi connectivity index (χ4n) is 0. The molecular formula is C23H65F. The average Bonchev–Trinajstić information content (AvgIpc) is 2.77. The van der Waals surface area contributed by atoms with Crippen LogP contribution in [0.1, 0.15) is 133 Å². The van der Waals surface area contributed by atoms with Crippen LogP contribution in [0, 0.1) is 12.8 Å². The molecule has 0 unspecified atom stereocenters. The van der Waals surface area contributed by atoms with Crippen LogP contribution in [0.5, 0.6) is 0 Å². The molecule has 164 valence electrons. The summed E-state index contributed by atoms with van der Waals surface area (Å²) in [6, 6.07) is 0. The SMILES string of the molecule is C#C.C=CC.CC.CC.CC.CC.CC.CC.CC.CC.CC.F.[HH]. The zero-order chi connectivity index (χ0) is 22.7. The molecule has 0 radical (unpaired) electrons. The van der Waals surface area contributed by atoms with E-state index in [1.165, 1.54) is 0 Å². The summed E-state index contributed by atoms with van der Waals surface area (Å²) in [4.78, 5) is 0. The molecule has 0 aromatic rings. The van der Waals surface area contributed by atoms with E-state index < -0.39 is 0 Å². The van der Waals surface area contributed by atoms with Gasteiger partial charge in [0.2, 0.25) is 0 Å². The second kappa shape index (κ2) is 189000. The van der Waals surface area contributed by atoms with Crippen LogP contribution in [-0.4, -0.2) is 0 Å². The van der Waals surface area contributed by atoms with E-state index in [1.807, 2.05) is 132 Å². The van der Waals surface area contributed by atoms with Gasteiger partial charge in [-0.05, 0) is 6.92 Å². The molecule has 0 N–H and O–H groups in total. The summed E-state index contributed by atoms with van der Waals surface area (Å²) in [7, 11) is 0. The molecule has 24 heavy (non-hydrogen) atoms. The van der Waals surface area contributed by atoms with Crippen molar-refractivity contribution >= 4 is 0 Å². The summed E-state index contributed by atoms with van der Waals surface area (Å²) in [5.41, 5.74) is 0. The first kappa shape index (κ1) is 91.0. The normalized spacial score (nSPS) is 2.88. The van der Waals surface area contributed by atoms with Crippen LogP contribution in [0.25, 0.3) is 0 Å². The maximum atomic E-state index is 4.00. The van der Waals surface area contributed by atoms with Gasteiger partial charge >= 0.3 is 0 Å². The second-order valence-electron chi connectivity index (χ2n) is 0.408. The third-order valence-corrected chi connectivity index (χ3v) is 0. The second-order valence-corrected chi connectivity index (χ2v) is 0.408. The standard InChI is InChI=1S/C3H6.9C2H6.C2H2.FH.H2/c1-3-2;10*1-2;;/h3H,1H2,2H3;9*1-2H3;1-2H;2*1H. The summed E-state index contributed by atoms with van der Waals surface area (Å²) in [5, 5.41) is 0. The van der Waals surface area contributed by atoms with E-state index in [2.05, 4.69) is 19.4 Å². The highest BCUT2D eigenvalue weighted by molar-refractivity contribution is 4.51. The van der Waals surface area contributed by atoms with Crippen molar-refractivity contribution in [3.63, 3.8) is 0 Å². The zero-order valence-corrected chi connectivity index (χ0v) is 21.8. The summed E-state index contributed by atoms with van der Waals surface area (Å²) in [6.45, 7) is 41.2. The van der Waals surface area contributed by atoms with Gasteiger partial charge in [0.05, 0.1) is 0 Å². The predicted octanol–water partition coefficient (Wildman–Crippen LogP) is 11.1. The highest BCUT2D eigenvalue weighted by Crippen LogP contribution is 1.38. The molecule has 0 spiro atoms. The molecule has 0 saturated carbocycles. The third-order valence-electron chi connectivity index (χ3n) is 0. The Morgan fingerprint density at radius 2 is 0.458 bits per heavy atom. The topological polar surface area (TPSA) is 0 Å². The first-order valence-electron chi connectivity index (χ1n) is 10.3. The van der Waals surface area contributed by atoms with Crippen LogP contribution in [-0.2, 0) is 0 Å². The van der Waals surface area contributed by atoms with Gasteiger partial charge in [0.1, 0.15) is 0 Å². The van der Waals surface area contributed by atoms with Crippen LogP contribution < -0.4 is 0 Å². The summed E-state index contributed by atoms with van der Waals surface area (Å²) >= 11 is 0. The van der Waals surface area contributed by atoms with Gasteiger partial charge < -0.3 is 0 Å². The lowest BCUT2D eigenvalue weighted by Crippen LogP contribution is -1.07. The van der Waals surface area contributed by atoms with Gasteiger partial charge in [-0.3, -0.25) is 4.70 Å². The number of halogens is 1. The first-order valence-corrected chi connectivity index (χ1v) is 10.3. The highest BCUT2D eigenvalue weighted by atomic mass is 19.0. The Kier molecular flexibility index (Phi) is 718000. The van der Waals surface area contributed by atoms with Gasteiger partial charge in [0.25, 0.3) is 0 Å². The Labute approximate surface area is 163 Å². The Hall–Kier alpha value is -0.770. The molecule has 0 saturated heterocycles. The van der Waals surface area contributed by atoms with Crippen molar-refractivity contribution in [2.45, 2.75) is 132 Å². The summed E-state index contributed by atoms with van der Waals surface area (Å²) < 4.78 is 0. The van der Waals surface area contributed by atoms with Gasteiger partial charge in [-0.15, -0.1) is 19.4 Å². The van der Waals surface area contributed by atoms with Crippen molar-refractivity contribution in [1.82, 2.24) is 0 Å². The minimum Gasteiger partial charge on any atom is -0.269 e. The van der Waals surface area contributed by atoms with Crippen molar-refractivity contribution in [2.24, 2.45) is 0 Å². The monoisotopic (exact) mass is 361 g/mol. The number of hydrogen-bond acceptors (Lipinski definition) is 0. The fourth-order valence-corrected chi connectivity index (χ4v) is 0. The Balaban J connectivity index is -0.00000000573. The molecule has 0 aromatic carbocycles. The largest absolute Gasteiger partial charge is 0.269 e. The molecule has 0 aliphatic carbocycles. The van der Waals surface area contributed by atoms with Crippen LogP contribution in [0.2, 0.25) is 0 Å². The fraction of sp³-hybridized carbons (Fsp3) is 0.826. The van der Waals surface area contributed by atoms with Crippen LogP contribution in [0.15, 0.2) is 12.7 Å². The van der Waals surface area contributed by atoms with Crippen molar-refractivity contribution in [3.8, 4) is 12.8 Å². The van der Waals surface area contributed by atoms with Crippen molar-refractivity contribution in [2.75, 3.05) is 0 Å². The molecular weight excluding hydrogens is 295 g/mol. The van der Waals surface area contributed by atoms with E-state index in [9.17, 15) is 0 Å². The Morgan fingerprint density at radius 3 is 0.458 bits per heavy atom. The first-order chi connectivity index (χ1) is 11.4. The maximum absolute atomic E-state index is 4.00. The van der Waals surface area contributed by atoms with Crippen molar-refractivity contribution < 1.29 is 6.13 Å². The van der Waals surface area contributed by atoms with E-state index in [0.717, 1.165) is 0 Å². The van der Waals surface area contributed by atoms with Gasteiger partial charge in [0, 0.05) is 1.43 Å². The lowest BCUT2D eigenvalue weighted by molar-refractivity contribution is 1.11. The maximum Gasteiger partial charge on any atom is 0 e. The van der Waals surface area contributed by atoms with Crippen LogP contribution >= 0.6 is 0 Å². The van der Waals surface area contributed by atoms with Gasteiger partial charge in [-0.2, -0.15) is 0 Å². The lowest BCUT2D eigenvalue weighted by Gasteiger charge is -1.31. The van der Waals surface area contributed by atoms with Crippen LogP contribution in [0.4, 0.5) is 4.70 Å². The average molecular weight is 361 g/mol. The van der Waals surface area contributed by atoms with Gasteiger partial charge in [0.15, 0.2) is 0 Å². The van der Waals surface area contributed by atoms with Gasteiger partial charge in [-0.1, -0.05) is 131 Å². The smallest absolute Gasteiger partial charge is 0 e. The molecule has 1 heteroatoms. The van der Waals surface area contributed by atoms with Crippen molar-refractivity contribution in [3.05, 3.63) is 12.7 Å². The van der Waals surface area contributed by atoms with E-state index >= 15 is 0 Å². The summed E-state index contributed by atoms with van der Waals surface area (Å²) in [6.07, 6.45) is 9.75. The lowest BCUT2D eigenvalue weighted by atomic mass is 10.8.